The zero-order valence-corrected chi connectivity index (χ0v) is 13.5. The molecule has 6 nitrogen and oxygen atoms in total. The summed E-state index contributed by atoms with van der Waals surface area (Å²) in [5.41, 5.74) is 1.17. The number of aromatic carboxylic acids is 1. The Labute approximate surface area is 139 Å². The zero-order chi connectivity index (χ0) is 17.3. The molecule has 2 aromatic rings. The maximum absolute atomic E-state index is 12.3. The fraction of sp³-hybridized carbons (Fsp3) is 0.389. The molecular weight excluding hydrogens is 308 g/mol. The molecule has 6 heteroatoms. The minimum absolute atomic E-state index is 0.0556. The lowest BCUT2D eigenvalue weighted by Crippen LogP contribution is -2.37. The van der Waals surface area contributed by atoms with Crippen LogP contribution in [0.4, 0.5) is 0 Å². The number of carbonyl (C=O) groups excluding carboxylic acids is 1. The Morgan fingerprint density at radius 2 is 1.96 bits per heavy atom. The van der Waals surface area contributed by atoms with E-state index >= 15 is 0 Å². The lowest BCUT2D eigenvalue weighted by atomic mass is 10.1. The standard InChI is InChI=1S/C18H20N2O4/c1-11-8-13(18(23)24)9-12-6-7-16(22)20(17(11)12)10-15(21)19-14-4-2-3-5-14/h6-9,14H,2-5,10H2,1H3,(H,19,21)(H,23,24). The molecule has 126 valence electrons. The number of carboxylic acid groups (broad SMARTS) is 1. The van der Waals surface area contributed by atoms with Crippen molar-refractivity contribution in [1.82, 2.24) is 9.88 Å². The molecule has 0 unspecified atom stereocenters. The van der Waals surface area contributed by atoms with Gasteiger partial charge in [0.25, 0.3) is 5.56 Å². The van der Waals surface area contributed by atoms with Gasteiger partial charge in [-0.15, -0.1) is 0 Å². The van der Waals surface area contributed by atoms with Gasteiger partial charge in [0.2, 0.25) is 5.91 Å². The normalized spacial score (nSPS) is 14.9. The Balaban J connectivity index is 1.97. The summed E-state index contributed by atoms with van der Waals surface area (Å²) in [6.07, 6.45) is 4.21. The zero-order valence-electron chi connectivity index (χ0n) is 13.5. The highest BCUT2D eigenvalue weighted by molar-refractivity contribution is 5.95. The third kappa shape index (κ3) is 3.18. The predicted molar refractivity (Wildman–Crippen MR) is 90.3 cm³/mol. The Kier molecular flexibility index (Phi) is 4.38. The highest BCUT2D eigenvalue weighted by Crippen LogP contribution is 2.20. The van der Waals surface area contributed by atoms with Crippen LogP contribution in [0.25, 0.3) is 10.9 Å². The van der Waals surface area contributed by atoms with Crippen LogP contribution < -0.4 is 10.9 Å². The fourth-order valence-electron chi connectivity index (χ4n) is 3.43. The molecule has 2 N–H and O–H groups in total. The lowest BCUT2D eigenvalue weighted by molar-refractivity contribution is -0.122. The second-order valence-corrected chi connectivity index (χ2v) is 6.34. The van der Waals surface area contributed by atoms with E-state index < -0.39 is 5.97 Å². The quantitative estimate of drug-likeness (QED) is 0.899. The minimum Gasteiger partial charge on any atom is -0.478 e. The molecule has 1 aromatic carbocycles. The number of rotatable bonds is 4. The molecule has 0 aliphatic heterocycles. The van der Waals surface area contributed by atoms with E-state index in [1.54, 1.807) is 13.0 Å². The molecular formula is C18H20N2O4. The van der Waals surface area contributed by atoms with Crippen molar-refractivity contribution in [3.63, 3.8) is 0 Å². The molecule has 0 spiro atoms. The van der Waals surface area contributed by atoms with Crippen LogP contribution in [0.3, 0.4) is 0 Å². The first-order chi connectivity index (χ1) is 11.5. The van der Waals surface area contributed by atoms with E-state index in [-0.39, 0.29) is 29.6 Å². The monoisotopic (exact) mass is 328 g/mol. The minimum atomic E-state index is -1.02. The van der Waals surface area contributed by atoms with Crippen molar-refractivity contribution in [3.05, 3.63) is 45.7 Å². The third-order valence-corrected chi connectivity index (χ3v) is 4.54. The van der Waals surface area contributed by atoms with Crippen LogP contribution in [0.15, 0.2) is 29.1 Å². The van der Waals surface area contributed by atoms with Crippen LogP contribution in [0.2, 0.25) is 0 Å². The molecule has 0 radical (unpaired) electrons. The summed E-state index contributed by atoms with van der Waals surface area (Å²) >= 11 is 0. The van der Waals surface area contributed by atoms with E-state index in [4.69, 9.17) is 5.11 Å². The van der Waals surface area contributed by atoms with Crippen LogP contribution in [0.5, 0.6) is 0 Å². The molecule has 1 aliphatic rings. The predicted octanol–water partition coefficient (Wildman–Crippen LogP) is 2.07. The Morgan fingerprint density at radius 1 is 1.25 bits per heavy atom. The second-order valence-electron chi connectivity index (χ2n) is 6.34. The molecule has 0 bridgehead atoms. The van der Waals surface area contributed by atoms with Gasteiger partial charge in [0.05, 0.1) is 11.1 Å². The van der Waals surface area contributed by atoms with Crippen molar-refractivity contribution in [1.29, 1.82) is 0 Å². The van der Waals surface area contributed by atoms with Crippen LogP contribution in [0, 0.1) is 6.92 Å². The van der Waals surface area contributed by atoms with E-state index in [0.717, 1.165) is 25.7 Å². The molecule has 1 aromatic heterocycles. The smallest absolute Gasteiger partial charge is 0.335 e. The average Bonchev–Trinajstić information content (AvgIpc) is 3.02. The van der Waals surface area contributed by atoms with Gasteiger partial charge in [0, 0.05) is 12.1 Å². The van der Waals surface area contributed by atoms with Crippen molar-refractivity contribution in [2.75, 3.05) is 0 Å². The average molecular weight is 328 g/mol. The van der Waals surface area contributed by atoms with Crippen LogP contribution >= 0.6 is 0 Å². The van der Waals surface area contributed by atoms with Crippen molar-refractivity contribution < 1.29 is 14.7 Å². The summed E-state index contributed by atoms with van der Waals surface area (Å²) in [5, 5.41) is 12.8. The largest absolute Gasteiger partial charge is 0.478 e. The number of carbonyl (C=O) groups is 2. The first-order valence-electron chi connectivity index (χ1n) is 8.12. The lowest BCUT2D eigenvalue weighted by Gasteiger charge is -2.15. The summed E-state index contributed by atoms with van der Waals surface area (Å²) in [6, 6.07) is 6.21. The first-order valence-corrected chi connectivity index (χ1v) is 8.12. The number of hydrogen-bond acceptors (Lipinski definition) is 3. The third-order valence-electron chi connectivity index (χ3n) is 4.54. The van der Waals surface area contributed by atoms with Crippen molar-refractivity contribution in [3.8, 4) is 0 Å². The number of hydrogen-bond donors (Lipinski definition) is 2. The van der Waals surface area contributed by atoms with E-state index in [2.05, 4.69) is 5.32 Å². The van der Waals surface area contributed by atoms with Gasteiger partial charge in [-0.3, -0.25) is 14.2 Å². The molecule has 1 saturated carbocycles. The molecule has 0 atom stereocenters. The van der Waals surface area contributed by atoms with Crippen LogP contribution in [-0.4, -0.2) is 27.6 Å². The molecule has 1 aliphatic carbocycles. The number of nitrogens with one attached hydrogen (secondary N) is 1. The van der Waals surface area contributed by atoms with Gasteiger partial charge >= 0.3 is 5.97 Å². The number of fused-ring (bicyclic) bond motifs is 1. The Bertz CT molecular complexity index is 863. The summed E-state index contributed by atoms with van der Waals surface area (Å²) < 4.78 is 1.42. The number of amides is 1. The number of aromatic nitrogens is 1. The van der Waals surface area contributed by atoms with Gasteiger partial charge in [-0.1, -0.05) is 12.8 Å². The van der Waals surface area contributed by atoms with Crippen LogP contribution in [-0.2, 0) is 11.3 Å². The van der Waals surface area contributed by atoms with Crippen molar-refractivity contribution >= 4 is 22.8 Å². The van der Waals surface area contributed by atoms with Crippen LogP contribution in [0.1, 0.15) is 41.6 Å². The van der Waals surface area contributed by atoms with E-state index in [9.17, 15) is 14.4 Å². The molecule has 3 rings (SSSR count). The number of nitrogens with zero attached hydrogens (tertiary/aromatic N) is 1. The van der Waals surface area contributed by atoms with Gasteiger partial charge in [-0.25, -0.2) is 4.79 Å². The fourth-order valence-corrected chi connectivity index (χ4v) is 3.43. The topological polar surface area (TPSA) is 88.4 Å². The number of pyridine rings is 1. The Morgan fingerprint density at radius 3 is 2.62 bits per heavy atom. The van der Waals surface area contributed by atoms with E-state index in [1.807, 2.05) is 0 Å². The van der Waals surface area contributed by atoms with Gasteiger partial charge in [0.1, 0.15) is 6.54 Å². The number of benzene rings is 1. The molecule has 0 saturated heterocycles. The SMILES string of the molecule is Cc1cc(C(=O)O)cc2ccc(=O)n(CC(=O)NC3CCCC3)c12. The number of carboxylic acids is 1. The maximum Gasteiger partial charge on any atom is 0.335 e. The van der Waals surface area contributed by atoms with Gasteiger partial charge in [0.15, 0.2) is 0 Å². The van der Waals surface area contributed by atoms with E-state index in [0.29, 0.717) is 16.5 Å². The summed E-state index contributed by atoms with van der Waals surface area (Å²) in [7, 11) is 0. The van der Waals surface area contributed by atoms with Gasteiger partial charge in [-0.2, -0.15) is 0 Å². The summed E-state index contributed by atoms with van der Waals surface area (Å²) in [5.74, 6) is -1.20. The second kappa shape index (κ2) is 6.47. The van der Waals surface area contributed by atoms with Crippen molar-refractivity contribution in [2.24, 2.45) is 0 Å². The van der Waals surface area contributed by atoms with Gasteiger partial charge in [-0.05, 0) is 48.9 Å². The molecule has 1 heterocycles. The van der Waals surface area contributed by atoms with Gasteiger partial charge < -0.3 is 10.4 Å². The maximum atomic E-state index is 12.3. The molecule has 1 amide bonds. The highest BCUT2D eigenvalue weighted by atomic mass is 16.4. The molecule has 24 heavy (non-hydrogen) atoms. The highest BCUT2D eigenvalue weighted by Gasteiger charge is 2.18. The summed E-state index contributed by atoms with van der Waals surface area (Å²) in [6.45, 7) is 1.69. The Hall–Kier alpha value is -2.63. The van der Waals surface area contributed by atoms with Crippen molar-refractivity contribution in [2.45, 2.75) is 45.2 Å². The molecule has 1 fully saturated rings. The summed E-state index contributed by atoms with van der Waals surface area (Å²) in [4.78, 5) is 35.7. The first kappa shape index (κ1) is 16.2. The number of aryl methyl sites for hydroxylation is 1. The van der Waals surface area contributed by atoms with E-state index in [1.165, 1.54) is 22.8 Å².